The molecule has 1 aliphatic rings. The van der Waals surface area contributed by atoms with Crippen LogP contribution >= 0.6 is 11.3 Å². The van der Waals surface area contributed by atoms with Crippen LogP contribution in [0.2, 0.25) is 0 Å². The standard InChI is InChI=1S/C11H15NOS/c1-7-8(2)14-6-9(7)11(12)10-4-3-5-13-10/h4,6,11H,3,5,12H2,1-2H3. The Labute approximate surface area is 88.4 Å². The Morgan fingerprint density at radius 3 is 2.79 bits per heavy atom. The average molecular weight is 209 g/mol. The summed E-state index contributed by atoms with van der Waals surface area (Å²) >= 11 is 1.76. The highest BCUT2D eigenvalue weighted by Crippen LogP contribution is 2.31. The molecule has 0 saturated carbocycles. The van der Waals surface area contributed by atoms with E-state index in [1.165, 1.54) is 16.0 Å². The highest BCUT2D eigenvalue weighted by Gasteiger charge is 2.19. The Morgan fingerprint density at radius 1 is 1.50 bits per heavy atom. The van der Waals surface area contributed by atoms with Crippen molar-refractivity contribution in [1.29, 1.82) is 0 Å². The van der Waals surface area contributed by atoms with Crippen molar-refractivity contribution >= 4 is 11.3 Å². The van der Waals surface area contributed by atoms with Crippen molar-refractivity contribution in [3.05, 3.63) is 33.2 Å². The predicted molar refractivity (Wildman–Crippen MR) is 59.4 cm³/mol. The van der Waals surface area contributed by atoms with Gasteiger partial charge in [0.05, 0.1) is 12.6 Å². The molecule has 0 spiro atoms. The smallest absolute Gasteiger partial charge is 0.113 e. The summed E-state index contributed by atoms with van der Waals surface area (Å²) in [5.41, 5.74) is 8.64. The van der Waals surface area contributed by atoms with E-state index in [0.29, 0.717) is 0 Å². The van der Waals surface area contributed by atoms with Crippen LogP contribution in [0, 0.1) is 13.8 Å². The molecule has 1 unspecified atom stereocenters. The van der Waals surface area contributed by atoms with E-state index in [9.17, 15) is 0 Å². The van der Waals surface area contributed by atoms with Crippen LogP contribution < -0.4 is 5.73 Å². The maximum atomic E-state index is 6.13. The van der Waals surface area contributed by atoms with Gasteiger partial charge in [0, 0.05) is 11.3 Å². The van der Waals surface area contributed by atoms with Gasteiger partial charge in [-0.3, -0.25) is 0 Å². The molecule has 2 nitrogen and oxygen atoms in total. The molecule has 1 aliphatic heterocycles. The second kappa shape index (κ2) is 3.75. The Hall–Kier alpha value is -0.800. The summed E-state index contributed by atoms with van der Waals surface area (Å²) in [5.74, 6) is 0.936. The minimum absolute atomic E-state index is 0.0672. The molecule has 2 N–H and O–H groups in total. The van der Waals surface area contributed by atoms with Gasteiger partial charge < -0.3 is 10.5 Å². The Bertz CT molecular complexity index is 367. The number of nitrogens with two attached hydrogens (primary N) is 1. The van der Waals surface area contributed by atoms with Gasteiger partial charge in [0.15, 0.2) is 0 Å². The second-order valence-corrected chi connectivity index (χ2v) is 4.68. The van der Waals surface area contributed by atoms with Crippen LogP contribution in [0.1, 0.15) is 28.5 Å². The summed E-state index contributed by atoms with van der Waals surface area (Å²) in [5, 5.41) is 2.14. The topological polar surface area (TPSA) is 35.2 Å². The fraction of sp³-hybridized carbons (Fsp3) is 0.455. The van der Waals surface area contributed by atoms with Crippen LogP contribution in [0.15, 0.2) is 17.2 Å². The van der Waals surface area contributed by atoms with Crippen LogP contribution in [0.25, 0.3) is 0 Å². The summed E-state index contributed by atoms with van der Waals surface area (Å²) in [6.07, 6.45) is 3.09. The predicted octanol–water partition coefficient (Wildman–Crippen LogP) is 2.67. The molecule has 0 aliphatic carbocycles. The van der Waals surface area contributed by atoms with Crippen LogP contribution in [-0.4, -0.2) is 6.61 Å². The molecule has 0 aromatic carbocycles. The molecule has 3 heteroatoms. The molecule has 0 amide bonds. The number of hydrogen-bond acceptors (Lipinski definition) is 3. The van der Waals surface area contributed by atoms with Crippen molar-refractivity contribution in [3.8, 4) is 0 Å². The molecule has 2 heterocycles. The fourth-order valence-electron chi connectivity index (χ4n) is 1.65. The lowest BCUT2D eigenvalue weighted by Crippen LogP contribution is -2.13. The van der Waals surface area contributed by atoms with Gasteiger partial charge in [-0.1, -0.05) is 0 Å². The van der Waals surface area contributed by atoms with E-state index in [2.05, 4.69) is 25.3 Å². The van der Waals surface area contributed by atoms with Crippen molar-refractivity contribution in [2.75, 3.05) is 6.61 Å². The summed E-state index contributed by atoms with van der Waals surface area (Å²) in [4.78, 5) is 1.34. The molecule has 0 saturated heterocycles. The van der Waals surface area contributed by atoms with Crippen LogP contribution in [0.3, 0.4) is 0 Å². The van der Waals surface area contributed by atoms with E-state index < -0.39 is 0 Å². The molecule has 0 fully saturated rings. The molecule has 1 aromatic heterocycles. The minimum atomic E-state index is -0.0672. The van der Waals surface area contributed by atoms with Gasteiger partial charge in [0.25, 0.3) is 0 Å². The maximum absolute atomic E-state index is 6.13. The summed E-state index contributed by atoms with van der Waals surface area (Å²) in [6.45, 7) is 5.03. The maximum Gasteiger partial charge on any atom is 0.113 e. The van der Waals surface area contributed by atoms with Crippen LogP contribution in [0.4, 0.5) is 0 Å². The molecule has 1 aromatic rings. The van der Waals surface area contributed by atoms with E-state index in [1.807, 2.05) is 0 Å². The lowest BCUT2D eigenvalue weighted by atomic mass is 10.0. The van der Waals surface area contributed by atoms with Gasteiger partial charge in [0.2, 0.25) is 0 Å². The largest absolute Gasteiger partial charge is 0.496 e. The van der Waals surface area contributed by atoms with E-state index in [-0.39, 0.29) is 6.04 Å². The van der Waals surface area contributed by atoms with Gasteiger partial charge in [0.1, 0.15) is 5.76 Å². The van der Waals surface area contributed by atoms with Crippen molar-refractivity contribution in [3.63, 3.8) is 0 Å². The monoisotopic (exact) mass is 209 g/mol. The highest BCUT2D eigenvalue weighted by molar-refractivity contribution is 7.10. The van der Waals surface area contributed by atoms with Gasteiger partial charge in [-0.25, -0.2) is 0 Å². The summed E-state index contributed by atoms with van der Waals surface area (Å²) in [6, 6.07) is -0.0672. The van der Waals surface area contributed by atoms with Gasteiger partial charge in [-0.2, -0.15) is 0 Å². The first-order chi connectivity index (χ1) is 6.70. The van der Waals surface area contributed by atoms with E-state index in [4.69, 9.17) is 10.5 Å². The third-order valence-corrected chi connectivity index (χ3v) is 3.73. The normalized spacial score (nSPS) is 17.8. The number of rotatable bonds is 2. The third-order valence-electron chi connectivity index (χ3n) is 2.70. The van der Waals surface area contributed by atoms with Crippen molar-refractivity contribution in [1.82, 2.24) is 0 Å². The first-order valence-corrected chi connectivity index (χ1v) is 5.71. The third kappa shape index (κ3) is 1.57. The Morgan fingerprint density at radius 2 is 2.29 bits per heavy atom. The van der Waals surface area contributed by atoms with Crippen molar-refractivity contribution < 1.29 is 4.74 Å². The van der Waals surface area contributed by atoms with Gasteiger partial charge in [-0.15, -0.1) is 11.3 Å². The van der Waals surface area contributed by atoms with Crippen molar-refractivity contribution in [2.45, 2.75) is 26.3 Å². The molecule has 14 heavy (non-hydrogen) atoms. The van der Waals surface area contributed by atoms with E-state index in [1.54, 1.807) is 11.3 Å². The van der Waals surface area contributed by atoms with Crippen LogP contribution in [0.5, 0.6) is 0 Å². The molecule has 2 rings (SSSR count). The second-order valence-electron chi connectivity index (χ2n) is 3.59. The molecule has 0 radical (unpaired) electrons. The fourth-order valence-corrected chi connectivity index (χ4v) is 2.57. The first kappa shape index (κ1) is 9.74. The zero-order valence-electron chi connectivity index (χ0n) is 8.54. The first-order valence-electron chi connectivity index (χ1n) is 4.83. The number of aryl methyl sites for hydroxylation is 1. The van der Waals surface area contributed by atoms with Crippen LogP contribution in [-0.2, 0) is 4.74 Å². The van der Waals surface area contributed by atoms with E-state index in [0.717, 1.165) is 18.8 Å². The quantitative estimate of drug-likeness (QED) is 0.812. The van der Waals surface area contributed by atoms with Gasteiger partial charge in [-0.05, 0) is 36.4 Å². The Kier molecular flexibility index (Phi) is 2.61. The number of thiophene rings is 1. The average Bonchev–Trinajstić information content (AvgIpc) is 2.77. The minimum Gasteiger partial charge on any atom is -0.496 e. The zero-order chi connectivity index (χ0) is 10.1. The Balaban J connectivity index is 2.26. The van der Waals surface area contributed by atoms with E-state index >= 15 is 0 Å². The van der Waals surface area contributed by atoms with Gasteiger partial charge >= 0.3 is 0 Å². The summed E-state index contributed by atoms with van der Waals surface area (Å²) in [7, 11) is 0. The highest BCUT2D eigenvalue weighted by atomic mass is 32.1. The molecular weight excluding hydrogens is 194 g/mol. The summed E-state index contributed by atoms with van der Waals surface area (Å²) < 4.78 is 5.47. The molecular formula is C11H15NOS. The lowest BCUT2D eigenvalue weighted by Gasteiger charge is -2.13. The molecule has 1 atom stereocenters. The SMILES string of the molecule is Cc1scc(C(N)C2=CCCO2)c1C. The number of ether oxygens (including phenoxy) is 1. The lowest BCUT2D eigenvalue weighted by molar-refractivity contribution is 0.225. The van der Waals surface area contributed by atoms with Crippen molar-refractivity contribution in [2.24, 2.45) is 5.73 Å². The zero-order valence-corrected chi connectivity index (χ0v) is 9.36. The number of hydrogen-bond donors (Lipinski definition) is 1. The molecule has 0 bridgehead atoms. The molecule has 76 valence electrons.